The molecule has 2 N–H and O–H groups in total. The van der Waals surface area contributed by atoms with Gasteiger partial charge in [0.15, 0.2) is 0 Å². The van der Waals surface area contributed by atoms with E-state index in [4.69, 9.17) is 11.6 Å². The van der Waals surface area contributed by atoms with Crippen LogP contribution in [0.4, 0.5) is 0 Å². The van der Waals surface area contributed by atoms with Gasteiger partial charge in [0.05, 0.1) is 11.6 Å². The number of halogens is 1. The summed E-state index contributed by atoms with van der Waals surface area (Å²) in [6, 6.07) is 6.05. The second kappa shape index (κ2) is 3.87. The van der Waals surface area contributed by atoms with Crippen LogP contribution in [0.5, 0.6) is 0 Å². The molecule has 80 valence electrons. The molecular formula is C12H14ClNO. The summed E-state index contributed by atoms with van der Waals surface area (Å²) in [7, 11) is 0. The molecule has 0 fully saturated rings. The average Bonchev–Trinajstić information content (AvgIpc) is 2.53. The maximum absolute atomic E-state index is 9.65. The molecule has 1 unspecified atom stereocenters. The molecule has 0 saturated heterocycles. The maximum atomic E-state index is 9.65. The highest BCUT2D eigenvalue weighted by atomic mass is 35.5. The van der Waals surface area contributed by atoms with Gasteiger partial charge in [-0.3, -0.25) is 0 Å². The van der Waals surface area contributed by atoms with Gasteiger partial charge in [-0.2, -0.15) is 0 Å². The SMILES string of the molecule is CCc1cccc2c(C(C)O)c(Cl)[nH]c12. The number of hydrogen-bond acceptors (Lipinski definition) is 1. The van der Waals surface area contributed by atoms with Gasteiger partial charge in [0.25, 0.3) is 0 Å². The molecule has 0 aliphatic heterocycles. The van der Waals surface area contributed by atoms with Gasteiger partial charge < -0.3 is 10.1 Å². The molecule has 1 atom stereocenters. The minimum absolute atomic E-state index is 0.543. The summed E-state index contributed by atoms with van der Waals surface area (Å²) < 4.78 is 0. The third-order valence-corrected chi connectivity index (χ3v) is 3.01. The molecule has 2 aromatic rings. The molecule has 0 radical (unpaired) electrons. The average molecular weight is 224 g/mol. The standard InChI is InChI=1S/C12H14ClNO/c1-3-8-5-4-6-9-10(7(2)15)12(13)14-11(8)9/h4-7,14-15H,3H2,1-2H3. The lowest BCUT2D eigenvalue weighted by atomic mass is 10.1. The number of nitrogens with one attached hydrogen (secondary N) is 1. The molecule has 0 bridgehead atoms. The van der Waals surface area contributed by atoms with Crippen molar-refractivity contribution >= 4 is 22.5 Å². The molecular weight excluding hydrogens is 210 g/mol. The Kier molecular flexibility index (Phi) is 2.72. The Morgan fingerprint density at radius 1 is 1.47 bits per heavy atom. The minimum Gasteiger partial charge on any atom is -0.389 e. The number of H-pyrrole nitrogens is 1. The summed E-state index contributed by atoms with van der Waals surface area (Å²) in [5.74, 6) is 0. The predicted molar refractivity (Wildman–Crippen MR) is 63.3 cm³/mol. The lowest BCUT2D eigenvalue weighted by molar-refractivity contribution is 0.201. The van der Waals surface area contributed by atoms with Crippen molar-refractivity contribution in [2.24, 2.45) is 0 Å². The van der Waals surface area contributed by atoms with Crippen LogP contribution in [-0.4, -0.2) is 10.1 Å². The van der Waals surface area contributed by atoms with Gasteiger partial charge in [-0.1, -0.05) is 36.7 Å². The molecule has 15 heavy (non-hydrogen) atoms. The van der Waals surface area contributed by atoms with E-state index in [1.807, 2.05) is 12.1 Å². The van der Waals surface area contributed by atoms with Crippen molar-refractivity contribution in [1.29, 1.82) is 0 Å². The van der Waals surface area contributed by atoms with Gasteiger partial charge in [-0.15, -0.1) is 0 Å². The van der Waals surface area contributed by atoms with Crippen LogP contribution >= 0.6 is 11.6 Å². The summed E-state index contributed by atoms with van der Waals surface area (Å²) in [6.07, 6.45) is 0.409. The van der Waals surface area contributed by atoms with E-state index in [-0.39, 0.29) is 0 Å². The first-order valence-corrected chi connectivity index (χ1v) is 5.50. The number of aliphatic hydroxyl groups is 1. The monoisotopic (exact) mass is 223 g/mol. The van der Waals surface area contributed by atoms with Crippen molar-refractivity contribution in [3.63, 3.8) is 0 Å². The molecule has 0 spiro atoms. The van der Waals surface area contributed by atoms with Crippen LogP contribution in [0.25, 0.3) is 10.9 Å². The highest BCUT2D eigenvalue weighted by Crippen LogP contribution is 2.32. The van der Waals surface area contributed by atoms with Crippen molar-refractivity contribution in [3.8, 4) is 0 Å². The number of fused-ring (bicyclic) bond motifs is 1. The number of hydrogen-bond donors (Lipinski definition) is 2. The van der Waals surface area contributed by atoms with Crippen LogP contribution in [0.15, 0.2) is 18.2 Å². The molecule has 1 heterocycles. The van der Waals surface area contributed by atoms with E-state index in [1.165, 1.54) is 5.56 Å². The lowest BCUT2D eigenvalue weighted by Gasteiger charge is -2.03. The minimum atomic E-state index is -0.543. The van der Waals surface area contributed by atoms with E-state index >= 15 is 0 Å². The number of rotatable bonds is 2. The number of aliphatic hydroxyl groups excluding tert-OH is 1. The van der Waals surface area contributed by atoms with E-state index in [1.54, 1.807) is 6.92 Å². The molecule has 0 amide bonds. The first-order valence-electron chi connectivity index (χ1n) is 5.12. The van der Waals surface area contributed by atoms with Crippen LogP contribution < -0.4 is 0 Å². The molecule has 2 rings (SSSR count). The summed E-state index contributed by atoms with van der Waals surface area (Å²) >= 11 is 6.08. The van der Waals surface area contributed by atoms with E-state index in [2.05, 4.69) is 18.0 Å². The van der Waals surface area contributed by atoms with Gasteiger partial charge in [0, 0.05) is 10.9 Å². The maximum Gasteiger partial charge on any atom is 0.113 e. The zero-order valence-electron chi connectivity index (χ0n) is 8.84. The Balaban J connectivity index is 2.78. The zero-order valence-corrected chi connectivity index (χ0v) is 9.60. The quantitative estimate of drug-likeness (QED) is 0.804. The molecule has 0 aliphatic rings. The summed E-state index contributed by atoms with van der Waals surface area (Å²) in [4.78, 5) is 3.13. The van der Waals surface area contributed by atoms with Crippen LogP contribution in [0.1, 0.15) is 31.1 Å². The molecule has 1 aromatic carbocycles. The first-order chi connectivity index (χ1) is 7.15. The third kappa shape index (κ3) is 1.64. The molecule has 0 saturated carbocycles. The van der Waals surface area contributed by atoms with Crippen molar-refractivity contribution in [2.75, 3.05) is 0 Å². The number of benzene rings is 1. The Labute approximate surface area is 93.9 Å². The first kappa shape index (κ1) is 10.5. The lowest BCUT2D eigenvalue weighted by Crippen LogP contribution is -1.89. The van der Waals surface area contributed by atoms with E-state index in [9.17, 15) is 5.11 Å². The van der Waals surface area contributed by atoms with Gasteiger partial charge in [0.1, 0.15) is 5.15 Å². The van der Waals surface area contributed by atoms with Gasteiger partial charge in [-0.05, 0) is 18.9 Å². The Morgan fingerprint density at radius 2 is 2.20 bits per heavy atom. The summed E-state index contributed by atoms with van der Waals surface area (Å²) in [5, 5.41) is 11.2. The number of aromatic nitrogens is 1. The van der Waals surface area contributed by atoms with Crippen molar-refractivity contribution in [2.45, 2.75) is 26.4 Å². The van der Waals surface area contributed by atoms with E-state index in [0.29, 0.717) is 5.15 Å². The molecule has 0 aliphatic carbocycles. The van der Waals surface area contributed by atoms with Crippen molar-refractivity contribution in [3.05, 3.63) is 34.5 Å². The molecule has 3 heteroatoms. The molecule has 2 nitrogen and oxygen atoms in total. The summed E-state index contributed by atoms with van der Waals surface area (Å²) in [6.45, 7) is 3.83. The van der Waals surface area contributed by atoms with E-state index in [0.717, 1.165) is 22.9 Å². The number of aryl methyl sites for hydroxylation is 1. The largest absolute Gasteiger partial charge is 0.389 e. The highest BCUT2D eigenvalue weighted by Gasteiger charge is 2.15. The zero-order chi connectivity index (χ0) is 11.0. The smallest absolute Gasteiger partial charge is 0.113 e. The Morgan fingerprint density at radius 3 is 2.80 bits per heavy atom. The second-order valence-corrected chi connectivity index (χ2v) is 4.10. The van der Waals surface area contributed by atoms with Crippen LogP contribution in [0.3, 0.4) is 0 Å². The number of para-hydroxylation sites is 1. The highest BCUT2D eigenvalue weighted by molar-refractivity contribution is 6.31. The number of aromatic amines is 1. The van der Waals surface area contributed by atoms with Gasteiger partial charge in [-0.25, -0.2) is 0 Å². The fourth-order valence-electron chi connectivity index (χ4n) is 1.97. The Bertz CT molecular complexity index is 488. The van der Waals surface area contributed by atoms with Crippen LogP contribution in [0, 0.1) is 0 Å². The molecule has 1 aromatic heterocycles. The van der Waals surface area contributed by atoms with Crippen LogP contribution in [0.2, 0.25) is 5.15 Å². The fourth-order valence-corrected chi connectivity index (χ4v) is 2.32. The predicted octanol–water partition coefficient (Wildman–Crippen LogP) is 3.44. The van der Waals surface area contributed by atoms with Gasteiger partial charge in [0.2, 0.25) is 0 Å². The van der Waals surface area contributed by atoms with Crippen molar-refractivity contribution in [1.82, 2.24) is 4.98 Å². The van der Waals surface area contributed by atoms with Crippen LogP contribution in [-0.2, 0) is 6.42 Å². The Hall–Kier alpha value is -0.990. The second-order valence-electron chi connectivity index (χ2n) is 3.72. The summed E-state index contributed by atoms with van der Waals surface area (Å²) in [5.41, 5.74) is 3.06. The normalized spacial score (nSPS) is 13.3. The fraction of sp³-hybridized carbons (Fsp3) is 0.333. The van der Waals surface area contributed by atoms with Crippen molar-refractivity contribution < 1.29 is 5.11 Å². The van der Waals surface area contributed by atoms with Gasteiger partial charge >= 0.3 is 0 Å². The third-order valence-electron chi connectivity index (χ3n) is 2.71. The topological polar surface area (TPSA) is 36.0 Å². The van der Waals surface area contributed by atoms with E-state index < -0.39 is 6.10 Å².